The first kappa shape index (κ1) is 19.3. The van der Waals surface area contributed by atoms with Crippen LogP contribution in [0.25, 0.3) is 0 Å². The molecule has 0 saturated carbocycles. The molecule has 3 saturated heterocycles. The van der Waals surface area contributed by atoms with E-state index >= 15 is 0 Å². The summed E-state index contributed by atoms with van der Waals surface area (Å²) in [4.78, 5) is 36.2. The van der Waals surface area contributed by atoms with Gasteiger partial charge in [0.05, 0.1) is 49.3 Å². The van der Waals surface area contributed by atoms with E-state index in [1.54, 1.807) is 0 Å². The summed E-state index contributed by atoms with van der Waals surface area (Å²) in [6.45, 7) is 5.98. The Morgan fingerprint density at radius 1 is 0.923 bits per heavy atom. The van der Waals surface area contributed by atoms with Gasteiger partial charge in [0.15, 0.2) is 0 Å². The van der Waals surface area contributed by atoms with Gasteiger partial charge in [0.25, 0.3) is 0 Å². The summed E-state index contributed by atoms with van der Waals surface area (Å²) < 4.78 is 21.9. The summed E-state index contributed by atoms with van der Waals surface area (Å²) in [5.41, 5.74) is 0. The van der Waals surface area contributed by atoms with E-state index in [1.807, 2.05) is 20.8 Å². The third-order valence-electron chi connectivity index (χ3n) is 6.20. The van der Waals surface area contributed by atoms with Gasteiger partial charge in [-0.05, 0) is 31.6 Å². The van der Waals surface area contributed by atoms with Gasteiger partial charge in [-0.25, -0.2) is 0 Å². The topological polar surface area (TPSA) is 88.1 Å². The Morgan fingerprint density at radius 2 is 1.46 bits per heavy atom. The Balaban J connectivity index is 1.68. The van der Waals surface area contributed by atoms with Crippen LogP contribution in [0.4, 0.5) is 0 Å². The molecule has 3 aliphatic heterocycles. The highest BCUT2D eigenvalue weighted by Crippen LogP contribution is 2.44. The number of fused-ring (bicyclic) bond motifs is 1. The van der Waals surface area contributed by atoms with Crippen LogP contribution in [0.15, 0.2) is 0 Å². The molecule has 7 nitrogen and oxygen atoms in total. The molecule has 0 N–H and O–H groups in total. The lowest BCUT2D eigenvalue weighted by atomic mass is 9.83. The molecule has 3 rings (SSSR count). The third-order valence-corrected chi connectivity index (χ3v) is 6.20. The van der Waals surface area contributed by atoms with Gasteiger partial charge in [0, 0.05) is 0 Å². The second kappa shape index (κ2) is 7.64. The third kappa shape index (κ3) is 3.16. The fourth-order valence-electron chi connectivity index (χ4n) is 4.84. The van der Waals surface area contributed by atoms with Gasteiger partial charge in [-0.1, -0.05) is 20.8 Å². The lowest BCUT2D eigenvalue weighted by molar-refractivity contribution is -0.158. The molecule has 0 aromatic rings. The zero-order chi connectivity index (χ0) is 19.0. The van der Waals surface area contributed by atoms with Crippen LogP contribution in [-0.4, -0.2) is 49.4 Å². The predicted octanol–water partition coefficient (Wildman–Crippen LogP) is 1.86. The van der Waals surface area contributed by atoms with E-state index in [4.69, 9.17) is 18.9 Å². The second-order valence-electron chi connectivity index (χ2n) is 7.52. The van der Waals surface area contributed by atoms with Crippen molar-refractivity contribution >= 4 is 17.9 Å². The lowest BCUT2D eigenvalue weighted by Crippen LogP contribution is -2.31. The fourth-order valence-corrected chi connectivity index (χ4v) is 4.84. The monoisotopic (exact) mass is 368 g/mol. The standard InChI is InChI=1S/C19H28O7/c1-5-10-9(3)14(17(20)23-4)12(24-10)7-8-13-16-15(11(6-2)25-13)18(21)26-19(16)22/h9-16H,5-8H2,1-4H3. The Hall–Kier alpha value is -1.47. The molecular formula is C19H28O7. The lowest BCUT2D eigenvalue weighted by Gasteiger charge is -2.21. The molecule has 0 radical (unpaired) electrons. The Labute approximate surface area is 153 Å². The van der Waals surface area contributed by atoms with Crippen LogP contribution in [0.2, 0.25) is 0 Å². The van der Waals surface area contributed by atoms with E-state index in [1.165, 1.54) is 7.11 Å². The summed E-state index contributed by atoms with van der Waals surface area (Å²) in [5, 5.41) is 0. The highest BCUT2D eigenvalue weighted by atomic mass is 16.6. The number of methoxy groups -OCH3 is 1. The van der Waals surface area contributed by atoms with Gasteiger partial charge in [-0.15, -0.1) is 0 Å². The van der Waals surface area contributed by atoms with Crippen LogP contribution in [0, 0.1) is 23.7 Å². The van der Waals surface area contributed by atoms with E-state index in [0.29, 0.717) is 19.3 Å². The number of ether oxygens (including phenoxy) is 4. The van der Waals surface area contributed by atoms with Crippen molar-refractivity contribution < 1.29 is 33.3 Å². The van der Waals surface area contributed by atoms with Gasteiger partial charge < -0.3 is 18.9 Å². The minimum absolute atomic E-state index is 0.0164. The summed E-state index contributed by atoms with van der Waals surface area (Å²) >= 11 is 0. The molecule has 3 aliphatic rings. The van der Waals surface area contributed by atoms with E-state index in [-0.39, 0.29) is 42.2 Å². The number of cyclic esters (lactones) is 2. The van der Waals surface area contributed by atoms with Crippen LogP contribution in [0.1, 0.15) is 46.5 Å². The normalized spacial score (nSPS) is 42.0. The fraction of sp³-hybridized carbons (Fsp3) is 0.842. The summed E-state index contributed by atoms with van der Waals surface area (Å²) in [6.07, 6.45) is 1.69. The molecule has 8 unspecified atom stereocenters. The predicted molar refractivity (Wildman–Crippen MR) is 89.9 cm³/mol. The SMILES string of the molecule is CCC1OC(CCC2OC(CC)C3C(=O)OC(=O)C23)C(C(=O)OC)C1C. The molecule has 3 heterocycles. The smallest absolute Gasteiger partial charge is 0.320 e. The van der Waals surface area contributed by atoms with Crippen molar-refractivity contribution in [3.63, 3.8) is 0 Å². The number of esters is 3. The van der Waals surface area contributed by atoms with Gasteiger partial charge in [0.2, 0.25) is 0 Å². The van der Waals surface area contributed by atoms with E-state index in [2.05, 4.69) is 0 Å². The van der Waals surface area contributed by atoms with Crippen LogP contribution < -0.4 is 0 Å². The van der Waals surface area contributed by atoms with Crippen molar-refractivity contribution in [2.45, 2.75) is 70.9 Å². The van der Waals surface area contributed by atoms with Gasteiger partial charge >= 0.3 is 17.9 Å². The maximum atomic E-state index is 12.2. The highest BCUT2D eigenvalue weighted by molar-refractivity contribution is 5.97. The van der Waals surface area contributed by atoms with Gasteiger partial charge in [0.1, 0.15) is 0 Å². The quantitative estimate of drug-likeness (QED) is 0.522. The van der Waals surface area contributed by atoms with Crippen molar-refractivity contribution in [2.75, 3.05) is 7.11 Å². The second-order valence-corrected chi connectivity index (χ2v) is 7.52. The first-order chi connectivity index (χ1) is 12.4. The number of hydrogen-bond donors (Lipinski definition) is 0. The molecule has 8 atom stereocenters. The van der Waals surface area contributed by atoms with Crippen molar-refractivity contribution in [2.24, 2.45) is 23.7 Å². The molecule has 0 aliphatic carbocycles. The molecule has 0 aromatic carbocycles. The van der Waals surface area contributed by atoms with Crippen LogP contribution in [0.5, 0.6) is 0 Å². The summed E-state index contributed by atoms with van der Waals surface area (Å²) in [6, 6.07) is 0. The average Bonchev–Trinajstić information content (AvgIpc) is 3.25. The zero-order valence-corrected chi connectivity index (χ0v) is 15.8. The number of rotatable bonds is 6. The van der Waals surface area contributed by atoms with Crippen LogP contribution in [-0.2, 0) is 33.3 Å². The first-order valence-corrected chi connectivity index (χ1v) is 9.57. The van der Waals surface area contributed by atoms with Crippen molar-refractivity contribution in [1.29, 1.82) is 0 Å². The first-order valence-electron chi connectivity index (χ1n) is 9.57. The van der Waals surface area contributed by atoms with Crippen molar-refractivity contribution in [1.82, 2.24) is 0 Å². The Kier molecular flexibility index (Phi) is 5.67. The maximum Gasteiger partial charge on any atom is 0.320 e. The maximum absolute atomic E-state index is 12.2. The van der Waals surface area contributed by atoms with Crippen molar-refractivity contribution in [3.8, 4) is 0 Å². The minimum atomic E-state index is -0.537. The number of carbonyl (C=O) groups excluding carboxylic acids is 3. The molecule has 0 amide bonds. The molecular weight excluding hydrogens is 340 g/mol. The van der Waals surface area contributed by atoms with E-state index in [9.17, 15) is 14.4 Å². The summed E-state index contributed by atoms with van der Waals surface area (Å²) in [5.74, 6) is -2.50. The highest BCUT2D eigenvalue weighted by Gasteiger charge is 2.58. The van der Waals surface area contributed by atoms with E-state index in [0.717, 1.165) is 6.42 Å². The largest absolute Gasteiger partial charge is 0.469 e. The average molecular weight is 368 g/mol. The minimum Gasteiger partial charge on any atom is -0.469 e. The Morgan fingerprint density at radius 3 is 2.04 bits per heavy atom. The molecule has 26 heavy (non-hydrogen) atoms. The van der Waals surface area contributed by atoms with Gasteiger partial charge in [-0.3, -0.25) is 14.4 Å². The number of carbonyl (C=O) groups is 3. The molecule has 0 spiro atoms. The molecule has 146 valence electrons. The van der Waals surface area contributed by atoms with Gasteiger partial charge in [-0.2, -0.15) is 0 Å². The van der Waals surface area contributed by atoms with Crippen LogP contribution in [0.3, 0.4) is 0 Å². The van der Waals surface area contributed by atoms with Crippen molar-refractivity contribution in [3.05, 3.63) is 0 Å². The number of hydrogen-bond acceptors (Lipinski definition) is 7. The van der Waals surface area contributed by atoms with Crippen LogP contribution >= 0.6 is 0 Å². The van der Waals surface area contributed by atoms with E-state index < -0.39 is 23.8 Å². The molecule has 7 heteroatoms. The zero-order valence-electron chi connectivity index (χ0n) is 15.8. The molecule has 3 fully saturated rings. The molecule has 0 bridgehead atoms. The summed E-state index contributed by atoms with van der Waals surface area (Å²) in [7, 11) is 1.39. The Bertz CT molecular complexity index is 574. The molecule has 0 aromatic heterocycles.